The van der Waals surface area contributed by atoms with E-state index in [9.17, 15) is 10.1 Å². The second-order valence-corrected chi connectivity index (χ2v) is 3.60. The van der Waals surface area contributed by atoms with Crippen LogP contribution in [0.5, 0.6) is 0 Å². The molecule has 4 nitrogen and oxygen atoms in total. The number of hydrogen-bond acceptors (Lipinski definition) is 4. The first-order valence-corrected chi connectivity index (χ1v) is 4.87. The maximum Gasteiger partial charge on any atom is 0.289 e. The van der Waals surface area contributed by atoms with Crippen molar-refractivity contribution in [3.05, 3.63) is 27.4 Å². The zero-order valence-electron chi connectivity index (χ0n) is 6.94. The molecule has 0 aliphatic carbocycles. The predicted molar refractivity (Wildman–Crippen MR) is 55.5 cm³/mol. The number of halogens is 1. The zero-order valence-corrected chi connectivity index (χ0v) is 8.51. The van der Waals surface area contributed by atoms with Gasteiger partial charge in [0.15, 0.2) is 0 Å². The van der Waals surface area contributed by atoms with Gasteiger partial charge in [-0.3, -0.25) is 10.1 Å². The summed E-state index contributed by atoms with van der Waals surface area (Å²) in [6, 6.07) is 1.26. The van der Waals surface area contributed by atoms with E-state index in [1.807, 2.05) is 0 Å². The van der Waals surface area contributed by atoms with Gasteiger partial charge in [0.2, 0.25) is 0 Å². The van der Waals surface area contributed by atoms with Gasteiger partial charge in [0.1, 0.15) is 11.2 Å². The van der Waals surface area contributed by atoms with Crippen LogP contribution in [-0.2, 0) is 0 Å². The van der Waals surface area contributed by atoms with E-state index in [4.69, 9.17) is 18.0 Å². The second-order valence-electron chi connectivity index (χ2n) is 2.23. The molecular weight excluding hydrogens is 224 g/mol. The highest BCUT2D eigenvalue weighted by atomic mass is 35.5. The molecule has 0 bridgehead atoms. The summed E-state index contributed by atoms with van der Waals surface area (Å²) >= 11 is 7.02. The van der Waals surface area contributed by atoms with Crippen molar-refractivity contribution in [2.24, 2.45) is 0 Å². The molecule has 0 unspecified atom stereocenters. The molecular formula is C8H5ClN2O2S. The van der Waals surface area contributed by atoms with Crippen molar-refractivity contribution in [2.75, 3.05) is 5.75 Å². The van der Waals surface area contributed by atoms with Crippen molar-refractivity contribution in [2.45, 2.75) is 5.03 Å². The topological polar surface area (TPSA) is 56.0 Å². The third kappa shape index (κ3) is 2.62. The Morgan fingerprint density at radius 3 is 3.00 bits per heavy atom. The summed E-state index contributed by atoms with van der Waals surface area (Å²) in [5.74, 6) is 2.85. The van der Waals surface area contributed by atoms with Crippen LogP contribution in [0.25, 0.3) is 0 Å². The summed E-state index contributed by atoms with van der Waals surface area (Å²) in [5, 5.41) is 11.1. The molecule has 6 heteroatoms. The van der Waals surface area contributed by atoms with E-state index in [0.29, 0.717) is 10.8 Å². The fraction of sp³-hybridized carbons (Fsp3) is 0.125. The minimum Gasteiger partial charge on any atom is -0.258 e. The Balaban J connectivity index is 2.91. The van der Waals surface area contributed by atoms with Gasteiger partial charge in [0.05, 0.1) is 15.7 Å². The number of hydrogen-bond donors (Lipinski definition) is 0. The Kier molecular flexibility index (Phi) is 3.74. The van der Waals surface area contributed by atoms with E-state index in [1.165, 1.54) is 17.8 Å². The highest BCUT2D eigenvalue weighted by molar-refractivity contribution is 7.99. The first-order valence-electron chi connectivity index (χ1n) is 3.51. The maximum atomic E-state index is 10.3. The van der Waals surface area contributed by atoms with Gasteiger partial charge < -0.3 is 0 Å². The van der Waals surface area contributed by atoms with Crippen molar-refractivity contribution < 1.29 is 4.92 Å². The number of nitro groups is 1. The van der Waals surface area contributed by atoms with Crippen molar-refractivity contribution >= 4 is 29.1 Å². The van der Waals surface area contributed by atoms with Gasteiger partial charge in [-0.15, -0.1) is 6.42 Å². The van der Waals surface area contributed by atoms with Crippen LogP contribution in [0.15, 0.2) is 17.3 Å². The van der Waals surface area contributed by atoms with Crippen LogP contribution in [0.4, 0.5) is 5.69 Å². The summed E-state index contributed by atoms with van der Waals surface area (Å²) in [5.41, 5.74) is -0.125. The predicted octanol–water partition coefficient (Wildman–Crippen LogP) is 2.37. The zero-order chi connectivity index (χ0) is 10.6. The molecule has 0 aliphatic rings. The number of rotatable bonds is 3. The fourth-order valence-electron chi connectivity index (χ4n) is 0.731. The number of terminal acetylenes is 1. The van der Waals surface area contributed by atoms with Crippen LogP contribution in [0.3, 0.4) is 0 Å². The van der Waals surface area contributed by atoms with E-state index in [0.717, 1.165) is 6.20 Å². The van der Waals surface area contributed by atoms with Crippen LogP contribution in [0.1, 0.15) is 0 Å². The molecule has 1 aromatic heterocycles. The fourth-order valence-corrected chi connectivity index (χ4v) is 1.60. The smallest absolute Gasteiger partial charge is 0.258 e. The monoisotopic (exact) mass is 228 g/mol. The molecule has 0 amide bonds. The normalized spacial score (nSPS) is 9.43. The molecule has 1 heterocycles. The Morgan fingerprint density at radius 2 is 2.50 bits per heavy atom. The van der Waals surface area contributed by atoms with Crippen molar-refractivity contribution in [3.8, 4) is 12.3 Å². The van der Waals surface area contributed by atoms with Crippen LogP contribution in [-0.4, -0.2) is 15.7 Å². The molecule has 0 saturated heterocycles. The van der Waals surface area contributed by atoms with Crippen molar-refractivity contribution in [1.82, 2.24) is 4.98 Å². The summed E-state index contributed by atoms with van der Waals surface area (Å²) in [4.78, 5) is 13.6. The highest BCUT2D eigenvalue weighted by Gasteiger charge is 2.10. The van der Waals surface area contributed by atoms with Gasteiger partial charge in [0.25, 0.3) is 5.69 Å². The summed E-state index contributed by atoms with van der Waals surface area (Å²) in [6.07, 6.45) is 6.21. The first-order chi connectivity index (χ1) is 6.65. The lowest BCUT2D eigenvalue weighted by Crippen LogP contribution is -1.90. The standard InChI is InChI=1S/C8H5ClN2O2S/c1-2-3-14-8-7(9)4-6(5-10-8)11(12)13/h1,4-5H,3H2. The van der Waals surface area contributed by atoms with Crippen LogP contribution < -0.4 is 0 Å². The number of thioether (sulfide) groups is 1. The molecule has 0 fully saturated rings. The molecule has 0 spiro atoms. The molecule has 0 atom stereocenters. The Labute approximate surface area is 89.8 Å². The summed E-state index contributed by atoms with van der Waals surface area (Å²) < 4.78 is 0. The molecule has 0 aliphatic heterocycles. The minimum atomic E-state index is -0.547. The van der Waals surface area contributed by atoms with Gasteiger partial charge in [-0.05, 0) is 0 Å². The lowest BCUT2D eigenvalue weighted by Gasteiger charge is -1.99. The average Bonchev–Trinajstić information content (AvgIpc) is 2.15. The van der Waals surface area contributed by atoms with E-state index in [2.05, 4.69) is 10.9 Å². The van der Waals surface area contributed by atoms with Crippen molar-refractivity contribution in [3.63, 3.8) is 0 Å². The van der Waals surface area contributed by atoms with E-state index < -0.39 is 4.92 Å². The molecule has 0 N–H and O–H groups in total. The molecule has 0 radical (unpaired) electrons. The maximum absolute atomic E-state index is 10.3. The third-order valence-electron chi connectivity index (χ3n) is 1.30. The largest absolute Gasteiger partial charge is 0.289 e. The molecule has 72 valence electrons. The van der Waals surface area contributed by atoms with Gasteiger partial charge in [-0.2, -0.15) is 0 Å². The molecule has 1 rings (SSSR count). The van der Waals surface area contributed by atoms with Gasteiger partial charge in [-0.25, -0.2) is 4.98 Å². The van der Waals surface area contributed by atoms with Crippen molar-refractivity contribution in [1.29, 1.82) is 0 Å². The SMILES string of the molecule is C#CCSc1ncc([N+](=O)[O-])cc1Cl. The Hall–Kier alpha value is -1.25. The lowest BCUT2D eigenvalue weighted by atomic mass is 10.4. The molecule has 0 saturated carbocycles. The highest BCUT2D eigenvalue weighted by Crippen LogP contribution is 2.27. The molecule has 0 aromatic carbocycles. The van der Waals surface area contributed by atoms with Crippen LogP contribution in [0.2, 0.25) is 5.02 Å². The second kappa shape index (κ2) is 4.84. The quantitative estimate of drug-likeness (QED) is 0.345. The van der Waals surface area contributed by atoms with Crippen LogP contribution >= 0.6 is 23.4 Å². The van der Waals surface area contributed by atoms with Gasteiger partial charge >= 0.3 is 0 Å². The minimum absolute atomic E-state index is 0.125. The van der Waals surface area contributed by atoms with E-state index >= 15 is 0 Å². The van der Waals surface area contributed by atoms with Gasteiger partial charge in [0, 0.05) is 6.07 Å². The number of nitrogens with zero attached hydrogens (tertiary/aromatic N) is 2. The molecule has 1 aromatic rings. The first kappa shape index (κ1) is 10.8. The van der Waals surface area contributed by atoms with E-state index in [1.54, 1.807) is 0 Å². The van der Waals surface area contributed by atoms with E-state index in [-0.39, 0.29) is 10.7 Å². The number of aromatic nitrogens is 1. The third-order valence-corrected chi connectivity index (χ3v) is 2.61. The molecule has 14 heavy (non-hydrogen) atoms. The Bertz CT molecular complexity index is 403. The number of pyridine rings is 1. The summed E-state index contributed by atoms with van der Waals surface area (Å²) in [7, 11) is 0. The lowest BCUT2D eigenvalue weighted by molar-refractivity contribution is -0.385. The average molecular weight is 229 g/mol. The van der Waals surface area contributed by atoms with Gasteiger partial charge in [-0.1, -0.05) is 29.3 Å². The summed E-state index contributed by atoms with van der Waals surface area (Å²) in [6.45, 7) is 0. The van der Waals surface area contributed by atoms with Crippen LogP contribution in [0, 0.1) is 22.5 Å². The Morgan fingerprint density at radius 1 is 1.79 bits per heavy atom.